The number of rotatable bonds is 5. The Morgan fingerprint density at radius 1 is 1.14 bits per heavy atom. The van der Waals surface area contributed by atoms with Crippen molar-refractivity contribution in [1.29, 1.82) is 0 Å². The second-order valence-corrected chi connectivity index (χ2v) is 5.43. The van der Waals surface area contributed by atoms with Gasteiger partial charge in [0, 0.05) is 12.6 Å². The molecule has 0 radical (unpaired) electrons. The number of carbonyl (C=O) groups is 1. The Balaban J connectivity index is 0.00000242. The van der Waals surface area contributed by atoms with Gasteiger partial charge < -0.3 is 11.1 Å². The molecule has 0 aliphatic heterocycles. The average Bonchev–Trinajstić information content (AvgIpc) is 2.49. The maximum atomic E-state index is 12.0. The Hall–Kier alpha value is -1.84. The van der Waals surface area contributed by atoms with E-state index in [9.17, 15) is 4.79 Å². The van der Waals surface area contributed by atoms with E-state index in [4.69, 9.17) is 5.73 Å². The molecule has 3 nitrogen and oxygen atoms in total. The molecule has 118 valence electrons. The minimum atomic E-state index is -0.172. The van der Waals surface area contributed by atoms with Gasteiger partial charge in [0.1, 0.15) is 0 Å². The van der Waals surface area contributed by atoms with E-state index >= 15 is 0 Å². The molecule has 0 saturated heterocycles. The lowest BCUT2D eigenvalue weighted by molar-refractivity contribution is -0.120. The molecule has 0 aliphatic rings. The van der Waals surface area contributed by atoms with Crippen LogP contribution in [0, 0.1) is 13.8 Å². The summed E-state index contributed by atoms with van der Waals surface area (Å²) in [5.74, 6) is 0.00933. The predicted octanol–water partition coefficient (Wildman–Crippen LogP) is 3.08. The number of benzene rings is 2. The molecule has 0 heterocycles. The van der Waals surface area contributed by atoms with Crippen LogP contribution in [-0.2, 0) is 11.2 Å². The molecule has 2 rings (SSSR count). The Bertz CT molecular complexity index is 614. The SMILES string of the molecule is Cc1ccc(C)c(CC(=O)NCC(N)c2ccccc2)c1.Cl. The van der Waals surface area contributed by atoms with Crippen molar-refractivity contribution in [3.8, 4) is 0 Å². The number of carbonyl (C=O) groups excluding carboxylic acids is 1. The van der Waals surface area contributed by atoms with Crippen LogP contribution in [-0.4, -0.2) is 12.5 Å². The van der Waals surface area contributed by atoms with Gasteiger partial charge in [-0.3, -0.25) is 4.79 Å². The van der Waals surface area contributed by atoms with E-state index in [1.807, 2.05) is 50.2 Å². The highest BCUT2D eigenvalue weighted by molar-refractivity contribution is 5.85. The van der Waals surface area contributed by atoms with Gasteiger partial charge in [-0.15, -0.1) is 12.4 Å². The number of hydrogen-bond donors (Lipinski definition) is 2. The molecule has 0 aliphatic carbocycles. The molecule has 2 aromatic carbocycles. The summed E-state index contributed by atoms with van der Waals surface area (Å²) in [4.78, 5) is 12.0. The predicted molar refractivity (Wildman–Crippen MR) is 93.2 cm³/mol. The largest absolute Gasteiger partial charge is 0.354 e. The normalized spacial score (nSPS) is 11.4. The fraction of sp³-hybridized carbons (Fsp3) is 0.278. The van der Waals surface area contributed by atoms with Gasteiger partial charge in [0.2, 0.25) is 5.91 Å². The lowest BCUT2D eigenvalue weighted by atomic mass is 10.0. The van der Waals surface area contributed by atoms with E-state index in [0.29, 0.717) is 13.0 Å². The molecule has 0 aromatic heterocycles. The number of nitrogens with two attached hydrogens (primary N) is 1. The second-order valence-electron chi connectivity index (χ2n) is 5.43. The van der Waals surface area contributed by atoms with Crippen LogP contribution in [0.1, 0.15) is 28.3 Å². The van der Waals surface area contributed by atoms with Crippen molar-refractivity contribution in [2.45, 2.75) is 26.3 Å². The van der Waals surface area contributed by atoms with Gasteiger partial charge in [-0.25, -0.2) is 0 Å². The van der Waals surface area contributed by atoms with Crippen molar-refractivity contribution < 1.29 is 4.79 Å². The summed E-state index contributed by atoms with van der Waals surface area (Å²) in [6.07, 6.45) is 0.398. The molecule has 0 saturated carbocycles. The molecular weight excluding hydrogens is 296 g/mol. The summed E-state index contributed by atoms with van der Waals surface area (Å²) in [6.45, 7) is 4.51. The first-order chi connectivity index (χ1) is 10.1. The van der Waals surface area contributed by atoms with Crippen molar-refractivity contribution in [1.82, 2.24) is 5.32 Å². The Morgan fingerprint density at radius 2 is 1.82 bits per heavy atom. The Morgan fingerprint density at radius 3 is 2.50 bits per heavy atom. The van der Waals surface area contributed by atoms with Gasteiger partial charge in [-0.05, 0) is 30.5 Å². The van der Waals surface area contributed by atoms with Crippen LogP contribution >= 0.6 is 12.4 Å². The minimum Gasteiger partial charge on any atom is -0.354 e. The molecule has 1 atom stereocenters. The van der Waals surface area contributed by atoms with Crippen molar-refractivity contribution in [2.75, 3.05) is 6.54 Å². The minimum absolute atomic E-state index is 0. The first-order valence-corrected chi connectivity index (χ1v) is 7.19. The molecular formula is C18H23ClN2O. The molecule has 0 bridgehead atoms. The van der Waals surface area contributed by atoms with Gasteiger partial charge >= 0.3 is 0 Å². The third-order valence-corrected chi connectivity index (χ3v) is 3.60. The van der Waals surface area contributed by atoms with E-state index in [0.717, 1.165) is 16.7 Å². The van der Waals surface area contributed by atoms with E-state index in [1.54, 1.807) is 0 Å². The van der Waals surface area contributed by atoms with Gasteiger partial charge in [0.15, 0.2) is 0 Å². The summed E-state index contributed by atoms with van der Waals surface area (Å²) in [5, 5.41) is 2.91. The van der Waals surface area contributed by atoms with Crippen LogP contribution in [0.4, 0.5) is 0 Å². The smallest absolute Gasteiger partial charge is 0.224 e. The molecule has 1 unspecified atom stereocenters. The van der Waals surface area contributed by atoms with Crippen LogP contribution in [0.2, 0.25) is 0 Å². The van der Waals surface area contributed by atoms with Crippen LogP contribution < -0.4 is 11.1 Å². The number of hydrogen-bond acceptors (Lipinski definition) is 2. The first kappa shape index (κ1) is 18.2. The van der Waals surface area contributed by atoms with Gasteiger partial charge in [-0.1, -0.05) is 54.1 Å². The van der Waals surface area contributed by atoms with Crippen molar-refractivity contribution in [3.05, 3.63) is 70.8 Å². The highest BCUT2D eigenvalue weighted by Crippen LogP contribution is 2.12. The topological polar surface area (TPSA) is 55.1 Å². The third kappa shape index (κ3) is 5.17. The Kier molecular flexibility index (Phi) is 7.09. The number of aryl methyl sites for hydroxylation is 2. The van der Waals surface area contributed by atoms with Crippen molar-refractivity contribution in [3.63, 3.8) is 0 Å². The maximum Gasteiger partial charge on any atom is 0.224 e. The van der Waals surface area contributed by atoms with Crippen molar-refractivity contribution >= 4 is 18.3 Å². The van der Waals surface area contributed by atoms with Gasteiger partial charge in [0.05, 0.1) is 6.42 Å². The fourth-order valence-corrected chi connectivity index (χ4v) is 2.27. The van der Waals surface area contributed by atoms with Crippen LogP contribution in [0.3, 0.4) is 0 Å². The van der Waals surface area contributed by atoms with Crippen LogP contribution in [0.15, 0.2) is 48.5 Å². The third-order valence-electron chi connectivity index (χ3n) is 3.60. The van der Waals surface area contributed by atoms with E-state index in [-0.39, 0.29) is 24.4 Å². The number of nitrogens with one attached hydrogen (secondary N) is 1. The van der Waals surface area contributed by atoms with E-state index < -0.39 is 0 Å². The molecule has 3 N–H and O–H groups in total. The first-order valence-electron chi connectivity index (χ1n) is 7.19. The standard InChI is InChI=1S/C18H22N2O.ClH/c1-13-8-9-14(2)16(10-13)11-18(21)20-12-17(19)15-6-4-3-5-7-15;/h3-10,17H,11-12,19H2,1-2H3,(H,20,21);1H. The summed E-state index contributed by atoms with van der Waals surface area (Å²) in [6, 6.07) is 15.8. The molecule has 0 spiro atoms. The fourth-order valence-electron chi connectivity index (χ4n) is 2.27. The molecule has 1 amide bonds. The van der Waals surface area contributed by atoms with E-state index in [1.165, 1.54) is 5.56 Å². The lowest BCUT2D eigenvalue weighted by Crippen LogP contribution is -2.33. The molecule has 2 aromatic rings. The lowest BCUT2D eigenvalue weighted by Gasteiger charge is -2.14. The van der Waals surface area contributed by atoms with Crippen LogP contribution in [0.5, 0.6) is 0 Å². The average molecular weight is 319 g/mol. The quantitative estimate of drug-likeness (QED) is 0.890. The Labute approximate surface area is 138 Å². The summed E-state index contributed by atoms with van der Waals surface area (Å²) in [7, 11) is 0. The van der Waals surface area contributed by atoms with E-state index in [2.05, 4.69) is 17.4 Å². The highest BCUT2D eigenvalue weighted by Gasteiger charge is 2.09. The zero-order chi connectivity index (χ0) is 15.2. The molecule has 4 heteroatoms. The summed E-state index contributed by atoms with van der Waals surface area (Å²) >= 11 is 0. The zero-order valence-electron chi connectivity index (χ0n) is 13.0. The van der Waals surface area contributed by atoms with Crippen LogP contribution in [0.25, 0.3) is 0 Å². The highest BCUT2D eigenvalue weighted by atomic mass is 35.5. The van der Waals surface area contributed by atoms with Gasteiger partial charge in [0.25, 0.3) is 0 Å². The van der Waals surface area contributed by atoms with Gasteiger partial charge in [-0.2, -0.15) is 0 Å². The summed E-state index contributed by atoms with van der Waals surface area (Å²) < 4.78 is 0. The number of halogens is 1. The second kappa shape index (κ2) is 8.57. The molecule has 22 heavy (non-hydrogen) atoms. The number of amides is 1. The maximum absolute atomic E-state index is 12.0. The summed E-state index contributed by atoms with van der Waals surface area (Å²) in [5.41, 5.74) is 10.5. The molecule has 0 fully saturated rings. The monoisotopic (exact) mass is 318 g/mol. The zero-order valence-corrected chi connectivity index (χ0v) is 13.8. The van der Waals surface area contributed by atoms with Crippen molar-refractivity contribution in [2.24, 2.45) is 5.73 Å².